The van der Waals surface area contributed by atoms with Gasteiger partial charge in [-0.3, -0.25) is 14.9 Å². The van der Waals surface area contributed by atoms with Crippen molar-refractivity contribution in [2.24, 2.45) is 0 Å². The summed E-state index contributed by atoms with van der Waals surface area (Å²) in [6.45, 7) is 1.35. The van der Waals surface area contributed by atoms with Crippen molar-refractivity contribution in [3.63, 3.8) is 0 Å². The molecule has 1 aromatic heterocycles. The predicted molar refractivity (Wildman–Crippen MR) is 98.8 cm³/mol. The van der Waals surface area contributed by atoms with Gasteiger partial charge < -0.3 is 14.8 Å². The van der Waals surface area contributed by atoms with Crippen LogP contribution < -0.4 is 14.8 Å². The molecule has 0 saturated carbocycles. The van der Waals surface area contributed by atoms with E-state index in [1.54, 1.807) is 24.4 Å². The van der Waals surface area contributed by atoms with Gasteiger partial charge in [-0.25, -0.2) is 4.68 Å². The number of rotatable bonds is 5. The molecule has 0 fully saturated rings. The fourth-order valence-electron chi connectivity index (χ4n) is 2.79. The van der Waals surface area contributed by atoms with Crippen molar-refractivity contribution in [3.05, 3.63) is 76.1 Å². The van der Waals surface area contributed by atoms with E-state index < -0.39 is 4.92 Å². The summed E-state index contributed by atoms with van der Waals surface area (Å²) >= 11 is 0. The largest absolute Gasteiger partial charge is 0.486 e. The van der Waals surface area contributed by atoms with E-state index in [1.165, 1.54) is 16.8 Å². The Bertz CT molecular complexity index is 1030. The third-order valence-corrected chi connectivity index (χ3v) is 4.21. The number of carbonyl (C=O) groups is 1. The summed E-state index contributed by atoms with van der Waals surface area (Å²) in [5.74, 6) is 1.04. The second kappa shape index (κ2) is 7.39. The van der Waals surface area contributed by atoms with E-state index in [1.807, 2.05) is 18.2 Å². The smallest absolute Gasteiger partial charge is 0.272 e. The predicted octanol–water partition coefficient (Wildman–Crippen LogP) is 2.48. The first-order valence-electron chi connectivity index (χ1n) is 8.57. The lowest BCUT2D eigenvalue weighted by Crippen LogP contribution is -2.23. The number of fused-ring (bicyclic) bond motifs is 1. The lowest BCUT2D eigenvalue weighted by Gasteiger charge is -2.18. The fraction of sp³-hybridized carbons (Fsp3) is 0.158. The molecule has 28 heavy (non-hydrogen) atoms. The number of carbonyl (C=O) groups excluding carboxylic acids is 1. The van der Waals surface area contributed by atoms with Crippen LogP contribution in [0.1, 0.15) is 16.1 Å². The molecule has 0 aliphatic carbocycles. The average molecular weight is 380 g/mol. The van der Waals surface area contributed by atoms with Gasteiger partial charge in [0, 0.05) is 24.9 Å². The number of hydrogen-bond acceptors (Lipinski definition) is 6. The maximum atomic E-state index is 12.4. The van der Waals surface area contributed by atoms with Gasteiger partial charge in [0.25, 0.3) is 11.6 Å². The van der Waals surface area contributed by atoms with E-state index in [4.69, 9.17) is 9.47 Å². The van der Waals surface area contributed by atoms with E-state index in [2.05, 4.69) is 10.4 Å². The van der Waals surface area contributed by atoms with Crippen molar-refractivity contribution in [2.45, 2.75) is 6.54 Å². The highest BCUT2D eigenvalue weighted by Gasteiger charge is 2.14. The summed E-state index contributed by atoms with van der Waals surface area (Å²) in [4.78, 5) is 22.6. The molecule has 0 radical (unpaired) electrons. The Morgan fingerprint density at radius 1 is 1.11 bits per heavy atom. The van der Waals surface area contributed by atoms with Crippen LogP contribution in [0.3, 0.4) is 0 Å². The Morgan fingerprint density at radius 2 is 1.86 bits per heavy atom. The Balaban J connectivity index is 1.41. The zero-order valence-corrected chi connectivity index (χ0v) is 14.7. The number of nitrogens with zero attached hydrogens (tertiary/aromatic N) is 3. The molecule has 4 rings (SSSR count). The molecule has 0 spiro atoms. The molecule has 0 bridgehead atoms. The van der Waals surface area contributed by atoms with Crippen LogP contribution >= 0.6 is 0 Å². The van der Waals surface area contributed by atoms with Crippen LogP contribution in [0.4, 0.5) is 5.69 Å². The van der Waals surface area contributed by atoms with Gasteiger partial charge in [0.2, 0.25) is 0 Å². The number of aromatic nitrogens is 2. The molecule has 1 N–H and O–H groups in total. The van der Waals surface area contributed by atoms with E-state index in [9.17, 15) is 14.9 Å². The van der Waals surface area contributed by atoms with E-state index >= 15 is 0 Å². The molecular weight excluding hydrogens is 364 g/mol. The highest BCUT2D eigenvalue weighted by Crippen LogP contribution is 2.30. The van der Waals surface area contributed by atoms with Gasteiger partial charge in [0.05, 0.1) is 10.6 Å². The summed E-state index contributed by atoms with van der Waals surface area (Å²) in [6, 6.07) is 13.0. The monoisotopic (exact) mass is 380 g/mol. The number of nitrogens with one attached hydrogen (secondary N) is 1. The Kier molecular flexibility index (Phi) is 4.63. The molecule has 1 amide bonds. The Hall–Kier alpha value is -3.88. The van der Waals surface area contributed by atoms with Gasteiger partial charge in [0.1, 0.15) is 13.2 Å². The number of nitro benzene ring substituents is 1. The topological polar surface area (TPSA) is 109 Å². The van der Waals surface area contributed by atoms with Crippen molar-refractivity contribution in [2.75, 3.05) is 13.2 Å². The van der Waals surface area contributed by atoms with Crippen molar-refractivity contribution in [1.82, 2.24) is 15.1 Å². The van der Waals surface area contributed by atoms with Gasteiger partial charge >= 0.3 is 0 Å². The third kappa shape index (κ3) is 3.63. The molecule has 0 unspecified atom stereocenters. The summed E-state index contributed by atoms with van der Waals surface area (Å²) in [5.41, 5.74) is 1.74. The number of hydrogen-bond donors (Lipinski definition) is 1. The summed E-state index contributed by atoms with van der Waals surface area (Å²) in [6.07, 6.45) is 1.63. The van der Waals surface area contributed by atoms with Crippen molar-refractivity contribution < 1.29 is 19.2 Å². The van der Waals surface area contributed by atoms with Crippen LogP contribution in [-0.4, -0.2) is 33.8 Å². The minimum absolute atomic E-state index is 0.00620. The van der Waals surface area contributed by atoms with Gasteiger partial charge in [-0.05, 0) is 35.9 Å². The summed E-state index contributed by atoms with van der Waals surface area (Å²) in [5, 5.41) is 17.8. The van der Waals surface area contributed by atoms with Gasteiger partial charge in [-0.15, -0.1) is 0 Å². The third-order valence-electron chi connectivity index (χ3n) is 4.21. The van der Waals surface area contributed by atoms with Crippen LogP contribution in [0.15, 0.2) is 54.7 Å². The zero-order chi connectivity index (χ0) is 19.5. The van der Waals surface area contributed by atoms with Gasteiger partial charge in [0.15, 0.2) is 17.2 Å². The van der Waals surface area contributed by atoms with Crippen LogP contribution in [0.2, 0.25) is 0 Å². The first-order valence-corrected chi connectivity index (χ1v) is 8.57. The molecular formula is C19H16N4O5. The van der Waals surface area contributed by atoms with Crippen LogP contribution in [-0.2, 0) is 6.54 Å². The zero-order valence-electron chi connectivity index (χ0n) is 14.7. The van der Waals surface area contributed by atoms with Gasteiger partial charge in [-0.1, -0.05) is 6.07 Å². The Labute approximate surface area is 159 Å². The van der Waals surface area contributed by atoms with E-state index in [0.29, 0.717) is 36.9 Å². The Morgan fingerprint density at radius 3 is 2.61 bits per heavy atom. The van der Waals surface area contributed by atoms with Crippen molar-refractivity contribution in [3.8, 4) is 17.2 Å². The van der Waals surface area contributed by atoms with Gasteiger partial charge in [-0.2, -0.15) is 5.10 Å². The average Bonchev–Trinajstić information content (AvgIpc) is 3.22. The minimum Gasteiger partial charge on any atom is -0.486 e. The number of benzene rings is 2. The number of ether oxygens (including phenoxy) is 2. The highest BCUT2D eigenvalue weighted by molar-refractivity contribution is 5.92. The van der Waals surface area contributed by atoms with Crippen molar-refractivity contribution in [1.29, 1.82) is 0 Å². The molecule has 9 heteroatoms. The number of nitro groups is 1. The second-order valence-electron chi connectivity index (χ2n) is 6.08. The molecule has 2 aromatic carbocycles. The number of non-ortho nitro benzene ring substituents is 1. The van der Waals surface area contributed by atoms with Crippen LogP contribution in [0.25, 0.3) is 5.69 Å². The first-order chi connectivity index (χ1) is 13.6. The second-order valence-corrected chi connectivity index (χ2v) is 6.08. The standard InChI is InChI=1S/C19H16N4O5/c24-19(20-12-13-1-6-17-18(11-13)28-10-9-27-17)16-7-8-22(21-16)14-2-4-15(5-3-14)23(25)26/h1-8,11H,9-10,12H2,(H,20,24). The van der Waals surface area contributed by atoms with E-state index in [-0.39, 0.29) is 17.3 Å². The molecule has 0 atom stereocenters. The molecule has 1 aliphatic heterocycles. The summed E-state index contributed by atoms with van der Waals surface area (Å²) < 4.78 is 12.5. The molecule has 9 nitrogen and oxygen atoms in total. The molecule has 142 valence electrons. The normalized spacial score (nSPS) is 12.4. The summed E-state index contributed by atoms with van der Waals surface area (Å²) in [7, 11) is 0. The maximum Gasteiger partial charge on any atom is 0.272 e. The highest BCUT2D eigenvalue weighted by atomic mass is 16.6. The molecule has 2 heterocycles. The number of amides is 1. The lowest BCUT2D eigenvalue weighted by atomic mass is 10.2. The van der Waals surface area contributed by atoms with Crippen LogP contribution in [0, 0.1) is 10.1 Å². The maximum absolute atomic E-state index is 12.4. The van der Waals surface area contributed by atoms with E-state index in [0.717, 1.165) is 5.56 Å². The van der Waals surface area contributed by atoms with Crippen molar-refractivity contribution >= 4 is 11.6 Å². The molecule has 1 aliphatic rings. The minimum atomic E-state index is -0.469. The first kappa shape index (κ1) is 17.5. The SMILES string of the molecule is O=C(NCc1ccc2c(c1)OCCO2)c1ccn(-c2ccc([N+](=O)[O-])cc2)n1. The fourth-order valence-corrected chi connectivity index (χ4v) is 2.79. The lowest BCUT2D eigenvalue weighted by molar-refractivity contribution is -0.384. The molecule has 0 saturated heterocycles. The molecule has 3 aromatic rings. The van der Waals surface area contributed by atoms with Crippen LogP contribution in [0.5, 0.6) is 11.5 Å². The quantitative estimate of drug-likeness (QED) is 0.538.